The van der Waals surface area contributed by atoms with E-state index in [1.807, 2.05) is 36.4 Å². The molecule has 2 aliphatic rings. The maximum atomic E-state index is 13.0. The minimum absolute atomic E-state index is 0.0117. The van der Waals surface area contributed by atoms with Gasteiger partial charge in [-0.25, -0.2) is 0 Å². The van der Waals surface area contributed by atoms with Gasteiger partial charge in [-0.15, -0.1) is 0 Å². The molecule has 6 heteroatoms. The zero-order valence-electron chi connectivity index (χ0n) is 17.2. The molecule has 0 saturated heterocycles. The first kappa shape index (κ1) is 20.9. The Bertz CT molecular complexity index is 1250. The highest BCUT2D eigenvalue weighted by Crippen LogP contribution is 2.40. The minimum atomic E-state index is -0.207. The maximum absolute atomic E-state index is 13.0. The Morgan fingerprint density at radius 2 is 1.91 bits per heavy atom. The third-order valence-corrected chi connectivity index (χ3v) is 7.24. The van der Waals surface area contributed by atoms with Gasteiger partial charge in [0.25, 0.3) is 11.8 Å². The lowest BCUT2D eigenvalue weighted by atomic mass is 9.87. The summed E-state index contributed by atoms with van der Waals surface area (Å²) < 4.78 is 0. The molecule has 32 heavy (non-hydrogen) atoms. The van der Waals surface area contributed by atoms with E-state index in [1.165, 1.54) is 22.9 Å². The first-order valence-corrected chi connectivity index (χ1v) is 11.8. The van der Waals surface area contributed by atoms with E-state index in [0.717, 1.165) is 29.7 Å². The third kappa shape index (κ3) is 4.18. The molecular weight excluding hydrogens is 440 g/mol. The Hall–Kier alpha value is -3.02. The van der Waals surface area contributed by atoms with Crippen LogP contribution in [0.1, 0.15) is 45.9 Å². The van der Waals surface area contributed by atoms with Crippen molar-refractivity contribution in [2.45, 2.75) is 30.2 Å². The lowest BCUT2D eigenvalue weighted by Gasteiger charge is -2.26. The molecule has 0 spiro atoms. The van der Waals surface area contributed by atoms with E-state index >= 15 is 0 Å². The fraction of sp³-hybridized carbons (Fsp3) is 0.154. The van der Waals surface area contributed by atoms with Gasteiger partial charge in [0.2, 0.25) is 0 Å². The van der Waals surface area contributed by atoms with E-state index in [0.29, 0.717) is 21.2 Å². The van der Waals surface area contributed by atoms with Crippen LogP contribution in [-0.4, -0.2) is 11.8 Å². The number of benzene rings is 3. The summed E-state index contributed by atoms with van der Waals surface area (Å²) in [4.78, 5) is 27.1. The SMILES string of the molecule is O=C1Nc2cc(C(=O)N[C@@H]3CCCc4ccccc43)ccc2S/C1=C/c1ccccc1Cl. The summed E-state index contributed by atoms with van der Waals surface area (Å²) in [7, 11) is 0. The van der Waals surface area contributed by atoms with Gasteiger partial charge in [-0.3, -0.25) is 9.59 Å². The van der Waals surface area contributed by atoms with Crippen LogP contribution < -0.4 is 10.6 Å². The molecule has 0 fully saturated rings. The second-order valence-electron chi connectivity index (χ2n) is 7.91. The monoisotopic (exact) mass is 460 g/mol. The van der Waals surface area contributed by atoms with Crippen molar-refractivity contribution >= 4 is 46.9 Å². The van der Waals surface area contributed by atoms with Gasteiger partial charge in [0, 0.05) is 15.5 Å². The van der Waals surface area contributed by atoms with Crippen molar-refractivity contribution in [1.82, 2.24) is 5.32 Å². The maximum Gasteiger partial charge on any atom is 0.262 e. The zero-order chi connectivity index (χ0) is 22.1. The van der Waals surface area contributed by atoms with Crippen LogP contribution in [0.2, 0.25) is 5.02 Å². The van der Waals surface area contributed by atoms with Crippen LogP contribution in [0, 0.1) is 0 Å². The Labute approximate surface area is 196 Å². The number of hydrogen-bond acceptors (Lipinski definition) is 3. The lowest BCUT2D eigenvalue weighted by Crippen LogP contribution is -2.31. The predicted molar refractivity (Wildman–Crippen MR) is 130 cm³/mol. The molecule has 1 aliphatic carbocycles. The van der Waals surface area contributed by atoms with Crippen LogP contribution >= 0.6 is 23.4 Å². The second-order valence-corrected chi connectivity index (χ2v) is 9.41. The number of carbonyl (C=O) groups excluding carboxylic acids is 2. The van der Waals surface area contributed by atoms with Gasteiger partial charge in [0.05, 0.1) is 16.6 Å². The van der Waals surface area contributed by atoms with Crippen LogP contribution in [0.25, 0.3) is 6.08 Å². The van der Waals surface area contributed by atoms with Crippen molar-refractivity contribution in [1.29, 1.82) is 0 Å². The fourth-order valence-corrected chi connectivity index (χ4v) is 5.29. The van der Waals surface area contributed by atoms with Gasteiger partial charge in [-0.1, -0.05) is 65.8 Å². The van der Waals surface area contributed by atoms with Crippen molar-refractivity contribution in [2.75, 3.05) is 5.32 Å². The lowest BCUT2D eigenvalue weighted by molar-refractivity contribution is -0.112. The average Bonchev–Trinajstić information content (AvgIpc) is 2.81. The van der Waals surface area contributed by atoms with Crippen molar-refractivity contribution in [2.24, 2.45) is 0 Å². The number of hydrogen-bond donors (Lipinski definition) is 2. The van der Waals surface area contributed by atoms with Crippen LogP contribution in [0.4, 0.5) is 5.69 Å². The molecule has 0 unspecified atom stereocenters. The van der Waals surface area contributed by atoms with Gasteiger partial charge in [0.15, 0.2) is 0 Å². The van der Waals surface area contributed by atoms with E-state index < -0.39 is 0 Å². The number of carbonyl (C=O) groups is 2. The molecular formula is C26H21ClN2O2S. The molecule has 4 nitrogen and oxygen atoms in total. The standard InChI is InChI=1S/C26H21ClN2O2S/c27-20-10-4-2-7-17(20)15-24-26(31)29-22-14-18(12-13-23(22)32-24)25(30)28-21-11-5-8-16-6-1-3-9-19(16)21/h1-4,6-7,9-10,12-15,21H,5,8,11H2,(H,28,30)(H,29,31)/b24-15+/t21-/m1/s1. The summed E-state index contributed by atoms with van der Waals surface area (Å²) in [5.41, 5.74) is 4.47. The molecule has 160 valence electrons. The Morgan fingerprint density at radius 1 is 1.09 bits per heavy atom. The second kappa shape index (κ2) is 8.85. The molecule has 0 aromatic heterocycles. The summed E-state index contributed by atoms with van der Waals surface area (Å²) in [6, 6.07) is 21.1. The van der Waals surface area contributed by atoms with Gasteiger partial charge in [-0.2, -0.15) is 0 Å². The Kier molecular flexibility index (Phi) is 5.77. The summed E-state index contributed by atoms with van der Waals surface area (Å²) in [5, 5.41) is 6.68. The molecule has 0 bridgehead atoms. The number of fused-ring (bicyclic) bond motifs is 2. The zero-order valence-corrected chi connectivity index (χ0v) is 18.8. The molecule has 1 aliphatic heterocycles. The smallest absolute Gasteiger partial charge is 0.262 e. The predicted octanol–water partition coefficient (Wildman–Crippen LogP) is 6.23. The highest BCUT2D eigenvalue weighted by atomic mass is 35.5. The van der Waals surface area contributed by atoms with Crippen LogP contribution in [0.5, 0.6) is 0 Å². The summed E-state index contributed by atoms with van der Waals surface area (Å²) in [6.07, 6.45) is 4.82. The van der Waals surface area contributed by atoms with Crippen molar-refractivity contribution in [3.05, 3.63) is 98.9 Å². The third-order valence-electron chi connectivity index (χ3n) is 5.80. The number of thioether (sulfide) groups is 1. The van der Waals surface area contributed by atoms with Gasteiger partial charge >= 0.3 is 0 Å². The molecule has 3 aromatic carbocycles. The van der Waals surface area contributed by atoms with Crippen molar-refractivity contribution < 1.29 is 9.59 Å². The molecule has 0 saturated carbocycles. The van der Waals surface area contributed by atoms with E-state index in [2.05, 4.69) is 22.8 Å². The Morgan fingerprint density at radius 3 is 2.78 bits per heavy atom. The largest absolute Gasteiger partial charge is 0.345 e. The highest BCUT2D eigenvalue weighted by Gasteiger charge is 2.25. The minimum Gasteiger partial charge on any atom is -0.345 e. The molecule has 5 rings (SSSR count). The van der Waals surface area contributed by atoms with E-state index in [4.69, 9.17) is 11.6 Å². The van der Waals surface area contributed by atoms with E-state index in [-0.39, 0.29) is 17.9 Å². The average molecular weight is 461 g/mol. The first-order valence-electron chi connectivity index (χ1n) is 10.6. The van der Waals surface area contributed by atoms with Crippen LogP contribution in [-0.2, 0) is 11.2 Å². The quantitative estimate of drug-likeness (QED) is 0.455. The van der Waals surface area contributed by atoms with Gasteiger partial charge in [0.1, 0.15) is 0 Å². The number of aryl methyl sites for hydroxylation is 1. The fourth-order valence-electron chi connectivity index (χ4n) is 4.18. The van der Waals surface area contributed by atoms with Gasteiger partial charge in [-0.05, 0) is 66.3 Å². The molecule has 1 heterocycles. The number of rotatable bonds is 3. The highest BCUT2D eigenvalue weighted by molar-refractivity contribution is 8.04. The molecule has 3 aromatic rings. The number of nitrogens with one attached hydrogen (secondary N) is 2. The number of halogens is 1. The molecule has 0 radical (unpaired) electrons. The molecule has 2 amide bonds. The van der Waals surface area contributed by atoms with Crippen LogP contribution in [0.3, 0.4) is 0 Å². The van der Waals surface area contributed by atoms with Crippen LogP contribution in [0.15, 0.2) is 76.5 Å². The van der Waals surface area contributed by atoms with Gasteiger partial charge < -0.3 is 10.6 Å². The number of anilines is 1. The van der Waals surface area contributed by atoms with Crippen molar-refractivity contribution in [3.8, 4) is 0 Å². The summed E-state index contributed by atoms with van der Waals surface area (Å²) >= 11 is 7.60. The number of amides is 2. The topological polar surface area (TPSA) is 58.2 Å². The Balaban J connectivity index is 1.35. The molecule has 2 N–H and O–H groups in total. The van der Waals surface area contributed by atoms with E-state index in [9.17, 15) is 9.59 Å². The summed E-state index contributed by atoms with van der Waals surface area (Å²) in [6.45, 7) is 0. The molecule has 1 atom stereocenters. The van der Waals surface area contributed by atoms with E-state index in [1.54, 1.807) is 24.3 Å². The first-order chi connectivity index (χ1) is 15.6. The normalized spacial score (nSPS) is 18.5. The summed E-state index contributed by atoms with van der Waals surface area (Å²) in [5.74, 6) is -0.340. The van der Waals surface area contributed by atoms with Crippen molar-refractivity contribution in [3.63, 3.8) is 0 Å².